The van der Waals surface area contributed by atoms with E-state index in [4.69, 9.17) is 4.84 Å². The zero-order valence-electron chi connectivity index (χ0n) is 17.9. The van der Waals surface area contributed by atoms with Crippen LogP contribution in [0.15, 0.2) is 18.5 Å². The van der Waals surface area contributed by atoms with Crippen molar-refractivity contribution in [3.05, 3.63) is 35.8 Å². The van der Waals surface area contributed by atoms with Crippen LogP contribution >= 0.6 is 0 Å². The van der Waals surface area contributed by atoms with Crippen LogP contribution in [0.1, 0.15) is 31.4 Å². The first kappa shape index (κ1) is 21.7. The molecule has 3 aliphatic carbocycles. The Labute approximate surface area is 187 Å². The first-order valence-corrected chi connectivity index (χ1v) is 10.9. The molecular weight excluding hydrogens is 434 g/mol. The summed E-state index contributed by atoms with van der Waals surface area (Å²) in [6, 6.07) is 0.947. The highest BCUT2D eigenvalue weighted by atomic mass is 19.1. The summed E-state index contributed by atoms with van der Waals surface area (Å²) in [6.45, 7) is -0.386. The van der Waals surface area contributed by atoms with E-state index in [-0.39, 0.29) is 48.0 Å². The molecule has 1 amide bonds. The van der Waals surface area contributed by atoms with E-state index in [1.807, 2.05) is 0 Å². The van der Waals surface area contributed by atoms with Crippen molar-refractivity contribution < 1.29 is 23.5 Å². The number of aliphatic hydroxyl groups excluding tert-OH is 1. The van der Waals surface area contributed by atoms with Gasteiger partial charge in [-0.25, -0.2) is 29.2 Å². The van der Waals surface area contributed by atoms with E-state index in [2.05, 4.69) is 30.7 Å². The number of amides is 1. The molecule has 0 radical (unpaired) electrons. The number of aliphatic hydroxyl groups is 1. The van der Waals surface area contributed by atoms with Gasteiger partial charge in [-0.3, -0.25) is 9.63 Å². The van der Waals surface area contributed by atoms with Crippen LogP contribution in [-0.2, 0) is 16.2 Å². The van der Waals surface area contributed by atoms with Gasteiger partial charge in [0.15, 0.2) is 17.5 Å². The van der Waals surface area contributed by atoms with E-state index in [9.17, 15) is 18.7 Å². The molecule has 2 atom stereocenters. The number of aromatic nitrogens is 4. The van der Waals surface area contributed by atoms with E-state index >= 15 is 0 Å². The van der Waals surface area contributed by atoms with Gasteiger partial charge in [0.1, 0.15) is 11.5 Å². The fourth-order valence-electron chi connectivity index (χ4n) is 5.42. The summed E-state index contributed by atoms with van der Waals surface area (Å²) >= 11 is 0. The third-order valence-corrected chi connectivity index (χ3v) is 6.85. The molecule has 4 N–H and O–H groups in total. The number of fused-ring (bicyclic) bond motifs is 4. The molecule has 0 saturated heterocycles. The highest BCUT2D eigenvalue weighted by molar-refractivity contribution is 5.93. The minimum Gasteiger partial charge on any atom is -0.390 e. The number of halogens is 2. The molecule has 0 spiro atoms. The Balaban J connectivity index is 1.53. The van der Waals surface area contributed by atoms with Gasteiger partial charge >= 0.3 is 0 Å². The number of carbonyl (C=O) groups excluding carboxylic acids is 1. The lowest BCUT2D eigenvalue weighted by Crippen LogP contribution is -2.54. The van der Waals surface area contributed by atoms with Crippen LogP contribution in [0.2, 0.25) is 0 Å². The fraction of sp³-hybridized carbons (Fsp3) is 0.455. The highest BCUT2D eigenvalue weighted by Crippen LogP contribution is 2.46. The van der Waals surface area contributed by atoms with Crippen LogP contribution in [-0.4, -0.2) is 44.1 Å². The number of aromatic amines is 1. The van der Waals surface area contributed by atoms with Gasteiger partial charge in [-0.1, -0.05) is 0 Å². The maximum Gasteiger partial charge on any atom is 0.248 e. The molecule has 174 valence electrons. The Hall–Kier alpha value is -3.18. The summed E-state index contributed by atoms with van der Waals surface area (Å²) in [5, 5.41) is 13.3. The van der Waals surface area contributed by atoms with Gasteiger partial charge in [0, 0.05) is 11.4 Å². The average Bonchev–Trinajstić information content (AvgIpc) is 3.19. The van der Waals surface area contributed by atoms with Crippen molar-refractivity contribution in [3.63, 3.8) is 0 Å². The van der Waals surface area contributed by atoms with Crippen LogP contribution in [0.4, 0.5) is 14.6 Å². The third-order valence-electron chi connectivity index (χ3n) is 6.85. The normalized spacial score (nSPS) is 24.2. The number of anilines is 1. The maximum atomic E-state index is 14.8. The molecule has 9 nitrogen and oxygen atoms in total. The van der Waals surface area contributed by atoms with Crippen LogP contribution in [0.5, 0.6) is 0 Å². The predicted molar refractivity (Wildman–Crippen MR) is 114 cm³/mol. The summed E-state index contributed by atoms with van der Waals surface area (Å²) in [6.07, 6.45) is 5.86. The Morgan fingerprint density at radius 3 is 2.70 bits per heavy atom. The van der Waals surface area contributed by atoms with Crippen molar-refractivity contribution in [1.29, 1.82) is 0 Å². The van der Waals surface area contributed by atoms with Crippen LogP contribution in [0.25, 0.3) is 22.4 Å². The molecule has 2 unspecified atom stereocenters. The average molecular weight is 458 g/mol. The number of hydrogen-bond donors (Lipinski definition) is 4. The minimum absolute atomic E-state index is 0.0460. The Kier molecular flexibility index (Phi) is 5.67. The van der Waals surface area contributed by atoms with E-state index in [0.29, 0.717) is 22.3 Å². The fourth-order valence-corrected chi connectivity index (χ4v) is 5.42. The maximum absolute atomic E-state index is 14.8. The predicted octanol–water partition coefficient (Wildman–Crippen LogP) is 2.68. The number of pyridine rings is 1. The van der Waals surface area contributed by atoms with Crippen molar-refractivity contribution in [3.8, 4) is 11.4 Å². The second kappa shape index (κ2) is 8.64. The summed E-state index contributed by atoms with van der Waals surface area (Å²) < 4.78 is 28.7. The minimum atomic E-state index is -0.666. The molecule has 0 aliphatic heterocycles. The molecule has 33 heavy (non-hydrogen) atoms. The van der Waals surface area contributed by atoms with Crippen LogP contribution in [0.3, 0.4) is 0 Å². The van der Waals surface area contributed by atoms with Gasteiger partial charge in [0.05, 0.1) is 43.3 Å². The molecule has 3 aromatic heterocycles. The highest BCUT2D eigenvalue weighted by Gasteiger charge is 2.47. The molecule has 0 aromatic carbocycles. The molecule has 3 heterocycles. The Morgan fingerprint density at radius 2 is 1.97 bits per heavy atom. The van der Waals surface area contributed by atoms with Gasteiger partial charge in [-0.2, -0.15) is 0 Å². The van der Waals surface area contributed by atoms with Gasteiger partial charge in [0.2, 0.25) is 5.91 Å². The number of carbonyl (C=O) groups is 1. The molecular formula is C22H24F2N6O3. The smallest absolute Gasteiger partial charge is 0.248 e. The lowest BCUT2D eigenvalue weighted by atomic mass is 9.61. The number of nitrogens with zero attached hydrogens (tertiary/aromatic N) is 3. The zero-order valence-corrected chi connectivity index (χ0v) is 17.9. The first-order chi connectivity index (χ1) is 16.0. The standard InChI is InChI=1S/C22H24F2N6O3/c1-33-30-22(32)16-10-2-4-11(5-3-10)18(16)28-20-14(24)8-26-21(29-20)17-13-6-12(23)7-25-19(13)27-15(17)9-31/h6-8,10-11,16,18,31H,2-5,9H2,1H3,(H,25,27)(H,30,32)(H,26,28,29). The summed E-state index contributed by atoms with van der Waals surface area (Å²) in [4.78, 5) is 32.9. The van der Waals surface area contributed by atoms with Gasteiger partial charge in [-0.05, 0) is 43.6 Å². The molecule has 3 saturated carbocycles. The monoisotopic (exact) mass is 458 g/mol. The van der Waals surface area contributed by atoms with Crippen molar-refractivity contribution >= 4 is 22.8 Å². The van der Waals surface area contributed by atoms with Gasteiger partial charge in [0.25, 0.3) is 0 Å². The summed E-state index contributed by atoms with van der Waals surface area (Å²) in [5.41, 5.74) is 3.48. The van der Waals surface area contributed by atoms with Crippen molar-refractivity contribution in [2.75, 3.05) is 12.4 Å². The van der Waals surface area contributed by atoms with E-state index in [1.54, 1.807) is 0 Å². The summed E-state index contributed by atoms with van der Waals surface area (Å²) in [7, 11) is 1.38. The molecule has 3 fully saturated rings. The molecule has 2 bridgehead atoms. The molecule has 3 aromatic rings. The first-order valence-electron chi connectivity index (χ1n) is 10.9. The van der Waals surface area contributed by atoms with Crippen molar-refractivity contribution in [1.82, 2.24) is 25.4 Å². The lowest BCUT2D eigenvalue weighted by Gasteiger charge is -2.47. The molecule has 11 heteroatoms. The van der Waals surface area contributed by atoms with Crippen molar-refractivity contribution in [2.24, 2.45) is 17.8 Å². The number of rotatable bonds is 6. The summed E-state index contributed by atoms with van der Waals surface area (Å²) in [5.74, 6) is -1.40. The zero-order chi connectivity index (χ0) is 23.1. The number of nitrogens with one attached hydrogen (secondary N) is 3. The second-order valence-corrected chi connectivity index (χ2v) is 8.62. The Morgan fingerprint density at radius 1 is 1.21 bits per heavy atom. The second-order valence-electron chi connectivity index (χ2n) is 8.62. The van der Waals surface area contributed by atoms with Crippen LogP contribution in [0, 0.1) is 29.4 Å². The lowest BCUT2D eigenvalue weighted by molar-refractivity contribution is -0.141. The van der Waals surface area contributed by atoms with E-state index in [0.717, 1.165) is 38.1 Å². The number of H-pyrrole nitrogens is 1. The topological polar surface area (TPSA) is 125 Å². The van der Waals surface area contributed by atoms with Crippen molar-refractivity contribution in [2.45, 2.75) is 38.3 Å². The SMILES string of the molecule is CONC(=O)C1C2CCC(CC2)C1Nc1nc(-c2c(CO)[nH]c3ncc(F)cc23)ncc1F. The van der Waals surface area contributed by atoms with Gasteiger partial charge in [-0.15, -0.1) is 0 Å². The van der Waals surface area contributed by atoms with E-state index < -0.39 is 11.6 Å². The van der Waals surface area contributed by atoms with Crippen LogP contribution < -0.4 is 10.8 Å². The molecule has 6 rings (SSSR count). The van der Waals surface area contributed by atoms with E-state index in [1.165, 1.54) is 13.2 Å². The largest absolute Gasteiger partial charge is 0.390 e. The van der Waals surface area contributed by atoms with Gasteiger partial charge < -0.3 is 15.4 Å². The number of hydrogen-bond acceptors (Lipinski definition) is 7. The number of hydroxylamine groups is 1. The molecule has 3 aliphatic rings. The third kappa shape index (κ3) is 3.80. The quantitative estimate of drug-likeness (QED) is 0.419. The Bertz CT molecular complexity index is 1190.